The first-order chi connectivity index (χ1) is 10.1. The van der Waals surface area contributed by atoms with Gasteiger partial charge in [-0.2, -0.15) is 0 Å². The van der Waals surface area contributed by atoms with Gasteiger partial charge in [-0.05, 0) is 12.1 Å². The van der Waals surface area contributed by atoms with E-state index >= 15 is 0 Å². The van der Waals surface area contributed by atoms with Gasteiger partial charge in [0.15, 0.2) is 0 Å². The summed E-state index contributed by atoms with van der Waals surface area (Å²) in [6.45, 7) is 4.47. The Morgan fingerprint density at radius 1 is 1.29 bits per heavy atom. The van der Waals surface area contributed by atoms with Crippen LogP contribution in [0.25, 0.3) is 0 Å². The van der Waals surface area contributed by atoms with Crippen molar-refractivity contribution in [3.05, 3.63) is 34.6 Å². The quantitative estimate of drug-likeness (QED) is 0.843. The molecule has 2 N–H and O–H groups in total. The third-order valence-electron chi connectivity index (χ3n) is 3.53. The third-order valence-corrected chi connectivity index (χ3v) is 3.85. The van der Waals surface area contributed by atoms with E-state index in [0.717, 1.165) is 26.2 Å². The summed E-state index contributed by atoms with van der Waals surface area (Å²) in [5.41, 5.74) is -0.113. The zero-order valence-corrected chi connectivity index (χ0v) is 12.4. The number of hydrogen-bond donors (Lipinski definition) is 2. The summed E-state index contributed by atoms with van der Waals surface area (Å²) in [7, 11) is 0. The SMILES string of the molecule is O=C(NCN1CCN(CCO)CC1)c1c(F)cccc1Cl. The summed E-state index contributed by atoms with van der Waals surface area (Å²) in [5, 5.41) is 11.7. The molecular formula is C14H19ClFN3O2. The van der Waals surface area contributed by atoms with Crippen molar-refractivity contribution in [2.75, 3.05) is 46.0 Å². The van der Waals surface area contributed by atoms with Crippen LogP contribution in [0.1, 0.15) is 10.4 Å². The Labute approximate surface area is 128 Å². The van der Waals surface area contributed by atoms with Crippen LogP contribution in [-0.4, -0.2) is 66.8 Å². The van der Waals surface area contributed by atoms with Gasteiger partial charge in [0.25, 0.3) is 5.91 Å². The molecule has 1 fully saturated rings. The Balaban J connectivity index is 1.83. The Morgan fingerprint density at radius 3 is 2.57 bits per heavy atom. The molecule has 5 nitrogen and oxygen atoms in total. The van der Waals surface area contributed by atoms with E-state index in [0.29, 0.717) is 13.2 Å². The maximum atomic E-state index is 13.6. The number of carbonyl (C=O) groups is 1. The molecule has 1 aromatic carbocycles. The molecule has 7 heteroatoms. The molecule has 1 saturated heterocycles. The van der Waals surface area contributed by atoms with Gasteiger partial charge in [0.1, 0.15) is 5.82 Å². The average Bonchev–Trinajstić information content (AvgIpc) is 2.47. The van der Waals surface area contributed by atoms with Crippen LogP contribution < -0.4 is 5.32 Å². The number of aliphatic hydroxyl groups is 1. The molecule has 0 atom stereocenters. The second-order valence-corrected chi connectivity index (χ2v) is 5.35. The zero-order valence-electron chi connectivity index (χ0n) is 11.7. The molecule has 1 heterocycles. The van der Waals surface area contributed by atoms with Gasteiger partial charge in [0.2, 0.25) is 0 Å². The number of nitrogens with zero attached hydrogens (tertiary/aromatic N) is 2. The van der Waals surface area contributed by atoms with Gasteiger partial charge in [-0.15, -0.1) is 0 Å². The first-order valence-electron chi connectivity index (χ1n) is 6.89. The highest BCUT2D eigenvalue weighted by Gasteiger charge is 2.19. The van der Waals surface area contributed by atoms with Crippen molar-refractivity contribution in [2.24, 2.45) is 0 Å². The predicted octanol–water partition coefficient (Wildman–Crippen LogP) is 0.776. The largest absolute Gasteiger partial charge is 0.395 e. The molecule has 21 heavy (non-hydrogen) atoms. The number of amides is 1. The van der Waals surface area contributed by atoms with Crippen LogP contribution in [0.2, 0.25) is 5.02 Å². The van der Waals surface area contributed by atoms with Crippen LogP contribution in [0.15, 0.2) is 18.2 Å². The molecule has 0 aromatic heterocycles. The lowest BCUT2D eigenvalue weighted by Gasteiger charge is -2.34. The molecule has 0 spiro atoms. The van der Waals surface area contributed by atoms with E-state index < -0.39 is 11.7 Å². The number of carbonyl (C=O) groups excluding carboxylic acids is 1. The maximum Gasteiger partial charge on any atom is 0.256 e. The Bertz CT molecular complexity index is 473. The van der Waals surface area contributed by atoms with Crippen molar-refractivity contribution in [3.63, 3.8) is 0 Å². The molecule has 1 aliphatic rings. The number of hydrogen-bond acceptors (Lipinski definition) is 4. The van der Waals surface area contributed by atoms with Gasteiger partial charge in [-0.1, -0.05) is 17.7 Å². The van der Waals surface area contributed by atoms with Crippen LogP contribution in [0.4, 0.5) is 4.39 Å². The van der Waals surface area contributed by atoms with E-state index in [-0.39, 0.29) is 17.2 Å². The minimum Gasteiger partial charge on any atom is -0.395 e. The molecule has 0 unspecified atom stereocenters. The highest BCUT2D eigenvalue weighted by atomic mass is 35.5. The van der Waals surface area contributed by atoms with E-state index in [1.165, 1.54) is 18.2 Å². The first kappa shape index (κ1) is 16.2. The molecule has 0 saturated carbocycles. The van der Waals surface area contributed by atoms with Gasteiger partial charge < -0.3 is 10.4 Å². The summed E-state index contributed by atoms with van der Waals surface area (Å²) >= 11 is 5.86. The second kappa shape index (κ2) is 7.70. The minimum absolute atomic E-state index is 0.111. The van der Waals surface area contributed by atoms with Crippen LogP contribution in [-0.2, 0) is 0 Å². The van der Waals surface area contributed by atoms with Crippen LogP contribution in [0, 0.1) is 5.82 Å². The molecular weight excluding hydrogens is 297 g/mol. The molecule has 116 valence electrons. The number of benzene rings is 1. The maximum absolute atomic E-state index is 13.6. The monoisotopic (exact) mass is 315 g/mol. The van der Waals surface area contributed by atoms with Crippen LogP contribution in [0.3, 0.4) is 0 Å². The Hall–Kier alpha value is -1.21. The van der Waals surface area contributed by atoms with E-state index in [4.69, 9.17) is 16.7 Å². The fourth-order valence-corrected chi connectivity index (χ4v) is 2.55. The zero-order chi connectivity index (χ0) is 15.2. The molecule has 2 rings (SSSR count). The smallest absolute Gasteiger partial charge is 0.256 e. The lowest BCUT2D eigenvalue weighted by molar-refractivity contribution is 0.0844. The summed E-state index contributed by atoms with van der Waals surface area (Å²) in [6, 6.07) is 4.18. The van der Waals surface area contributed by atoms with Gasteiger partial charge >= 0.3 is 0 Å². The van der Waals surface area contributed by atoms with E-state index in [1.54, 1.807) is 0 Å². The third kappa shape index (κ3) is 4.38. The van der Waals surface area contributed by atoms with Crippen molar-refractivity contribution in [2.45, 2.75) is 0 Å². The highest BCUT2D eigenvalue weighted by Crippen LogP contribution is 2.18. The average molecular weight is 316 g/mol. The number of nitrogens with one attached hydrogen (secondary N) is 1. The minimum atomic E-state index is -0.618. The van der Waals surface area contributed by atoms with Crippen molar-refractivity contribution in [1.82, 2.24) is 15.1 Å². The van der Waals surface area contributed by atoms with E-state index in [2.05, 4.69) is 15.1 Å². The molecule has 0 aliphatic carbocycles. The molecule has 1 aliphatic heterocycles. The second-order valence-electron chi connectivity index (χ2n) is 4.94. The number of piperazine rings is 1. The van der Waals surface area contributed by atoms with Gasteiger partial charge in [0, 0.05) is 32.7 Å². The van der Waals surface area contributed by atoms with Gasteiger partial charge in [0.05, 0.1) is 23.9 Å². The van der Waals surface area contributed by atoms with Crippen LogP contribution >= 0.6 is 11.6 Å². The Kier molecular flexibility index (Phi) is 5.93. The van der Waals surface area contributed by atoms with Gasteiger partial charge in [-0.25, -0.2) is 4.39 Å². The summed E-state index contributed by atoms with van der Waals surface area (Å²) in [4.78, 5) is 16.2. The fraction of sp³-hybridized carbons (Fsp3) is 0.500. The fourth-order valence-electron chi connectivity index (χ4n) is 2.30. The van der Waals surface area contributed by atoms with Crippen LogP contribution in [0.5, 0.6) is 0 Å². The van der Waals surface area contributed by atoms with E-state index in [9.17, 15) is 9.18 Å². The lowest BCUT2D eigenvalue weighted by atomic mass is 10.2. The molecule has 0 bridgehead atoms. The number of aliphatic hydroxyl groups excluding tert-OH is 1. The van der Waals surface area contributed by atoms with Crippen molar-refractivity contribution in [3.8, 4) is 0 Å². The van der Waals surface area contributed by atoms with Crippen molar-refractivity contribution >= 4 is 17.5 Å². The number of halogens is 2. The summed E-state index contributed by atoms with van der Waals surface area (Å²) < 4.78 is 13.6. The standard InChI is InChI=1S/C14H19ClFN3O2/c15-11-2-1-3-12(16)13(11)14(21)17-10-19-6-4-18(5-7-19)8-9-20/h1-3,20H,4-10H2,(H,17,21). The normalized spacial score (nSPS) is 16.9. The number of rotatable bonds is 5. The van der Waals surface area contributed by atoms with Crippen molar-refractivity contribution in [1.29, 1.82) is 0 Å². The topological polar surface area (TPSA) is 55.8 Å². The van der Waals surface area contributed by atoms with Gasteiger partial charge in [-0.3, -0.25) is 14.6 Å². The molecule has 1 aromatic rings. The lowest BCUT2D eigenvalue weighted by Crippen LogP contribution is -2.50. The predicted molar refractivity (Wildman–Crippen MR) is 78.8 cm³/mol. The molecule has 1 amide bonds. The summed E-state index contributed by atoms with van der Waals surface area (Å²) in [6.07, 6.45) is 0. The molecule has 0 radical (unpaired) electrons. The summed E-state index contributed by atoms with van der Waals surface area (Å²) in [5.74, 6) is -1.12. The number of β-amino-alcohol motifs (C(OH)–C–C–N with tert-alkyl or cyclic N) is 1. The van der Waals surface area contributed by atoms with E-state index in [1.807, 2.05) is 0 Å². The first-order valence-corrected chi connectivity index (χ1v) is 7.27. The highest BCUT2D eigenvalue weighted by molar-refractivity contribution is 6.33. The van der Waals surface area contributed by atoms with Crippen molar-refractivity contribution < 1.29 is 14.3 Å². The Morgan fingerprint density at radius 2 is 1.95 bits per heavy atom.